The first kappa shape index (κ1) is 22.0. The van der Waals surface area contributed by atoms with Crippen LogP contribution < -0.4 is 10.2 Å². The van der Waals surface area contributed by atoms with Crippen molar-refractivity contribution in [3.63, 3.8) is 0 Å². The predicted molar refractivity (Wildman–Crippen MR) is 123 cm³/mol. The summed E-state index contributed by atoms with van der Waals surface area (Å²) in [7, 11) is 0. The summed E-state index contributed by atoms with van der Waals surface area (Å²) in [5.74, 6) is -0.724. The van der Waals surface area contributed by atoms with Crippen LogP contribution >= 0.6 is 0 Å². The molecular weight excluding hydrogens is 409 g/mol. The zero-order valence-corrected chi connectivity index (χ0v) is 18.0. The molecule has 0 bridgehead atoms. The highest BCUT2D eigenvalue weighted by Crippen LogP contribution is 2.25. The lowest BCUT2D eigenvalue weighted by atomic mass is 9.95. The number of amides is 2. The molecule has 2 fully saturated rings. The molecule has 1 N–H and O–H groups in total. The molecule has 2 aliphatic rings. The number of likely N-dealkylation sites (tertiary alicyclic amines) is 1. The summed E-state index contributed by atoms with van der Waals surface area (Å²) in [6, 6.07) is 14.5. The number of piperidine rings is 1. The summed E-state index contributed by atoms with van der Waals surface area (Å²) in [4.78, 5) is 28.8. The number of ether oxygens (including phenoxy) is 1. The van der Waals surface area contributed by atoms with Gasteiger partial charge in [-0.05, 0) is 42.7 Å². The van der Waals surface area contributed by atoms with Crippen molar-refractivity contribution in [1.82, 2.24) is 4.90 Å². The summed E-state index contributed by atoms with van der Waals surface area (Å²) >= 11 is 0. The first-order chi connectivity index (χ1) is 15.6. The largest absolute Gasteiger partial charge is 0.378 e. The molecule has 0 aliphatic carbocycles. The van der Waals surface area contributed by atoms with Crippen LogP contribution in [0.5, 0.6) is 0 Å². The molecule has 2 aromatic carbocycles. The molecule has 2 aliphatic heterocycles. The smallest absolute Gasteiger partial charge is 0.246 e. The molecule has 6 nitrogen and oxygen atoms in total. The molecule has 7 heteroatoms. The van der Waals surface area contributed by atoms with Crippen LogP contribution in [0, 0.1) is 11.7 Å². The minimum Gasteiger partial charge on any atom is -0.378 e. The van der Waals surface area contributed by atoms with Gasteiger partial charge in [0.05, 0.1) is 18.9 Å². The highest BCUT2D eigenvalue weighted by atomic mass is 19.1. The van der Waals surface area contributed by atoms with Crippen molar-refractivity contribution < 1.29 is 18.7 Å². The molecule has 0 radical (unpaired) electrons. The van der Waals surface area contributed by atoms with Crippen LogP contribution in [0.4, 0.5) is 15.8 Å². The summed E-state index contributed by atoms with van der Waals surface area (Å²) in [5, 5.41) is 2.83. The minimum atomic E-state index is -0.352. The fourth-order valence-electron chi connectivity index (χ4n) is 4.09. The van der Waals surface area contributed by atoms with Crippen LogP contribution in [-0.2, 0) is 14.3 Å². The van der Waals surface area contributed by atoms with Crippen LogP contribution in [0.1, 0.15) is 18.4 Å². The molecule has 0 saturated carbocycles. The van der Waals surface area contributed by atoms with E-state index in [0.717, 1.165) is 5.56 Å². The van der Waals surface area contributed by atoms with E-state index in [2.05, 4.69) is 5.32 Å². The van der Waals surface area contributed by atoms with Crippen molar-refractivity contribution in [2.45, 2.75) is 12.8 Å². The number of morpholine rings is 1. The second-order valence-corrected chi connectivity index (χ2v) is 8.10. The topological polar surface area (TPSA) is 61.9 Å². The lowest BCUT2D eigenvalue weighted by Gasteiger charge is -2.31. The van der Waals surface area contributed by atoms with Crippen molar-refractivity contribution >= 4 is 29.3 Å². The lowest BCUT2D eigenvalue weighted by molar-refractivity contribution is -0.130. The summed E-state index contributed by atoms with van der Waals surface area (Å²) in [6.45, 7) is 3.53. The van der Waals surface area contributed by atoms with Crippen LogP contribution in [-0.4, -0.2) is 56.1 Å². The third-order valence-electron chi connectivity index (χ3n) is 5.96. The first-order valence-electron chi connectivity index (χ1n) is 11.1. The average Bonchev–Trinajstić information content (AvgIpc) is 2.84. The number of rotatable bonds is 5. The molecule has 2 aromatic rings. The van der Waals surface area contributed by atoms with Crippen molar-refractivity contribution in [3.8, 4) is 0 Å². The van der Waals surface area contributed by atoms with E-state index in [4.69, 9.17) is 4.74 Å². The molecule has 32 heavy (non-hydrogen) atoms. The maximum Gasteiger partial charge on any atom is 0.246 e. The van der Waals surface area contributed by atoms with E-state index in [9.17, 15) is 14.0 Å². The van der Waals surface area contributed by atoms with Crippen LogP contribution in [0.25, 0.3) is 6.08 Å². The highest BCUT2D eigenvalue weighted by Gasteiger charge is 2.27. The Kier molecular flexibility index (Phi) is 7.17. The molecule has 0 aromatic heterocycles. The van der Waals surface area contributed by atoms with E-state index in [1.165, 1.54) is 6.07 Å². The number of nitrogens with one attached hydrogen (secondary N) is 1. The third kappa shape index (κ3) is 5.53. The number of benzene rings is 2. The van der Waals surface area contributed by atoms with Gasteiger partial charge in [-0.1, -0.05) is 30.3 Å². The predicted octanol–water partition coefficient (Wildman–Crippen LogP) is 3.55. The van der Waals surface area contributed by atoms with Crippen LogP contribution in [0.3, 0.4) is 0 Å². The molecular formula is C25H28FN3O3. The Morgan fingerprint density at radius 2 is 1.72 bits per heavy atom. The normalized spacial score (nSPS) is 17.5. The molecule has 0 atom stereocenters. The van der Waals surface area contributed by atoms with Crippen molar-refractivity contribution in [2.75, 3.05) is 49.6 Å². The van der Waals surface area contributed by atoms with Gasteiger partial charge in [-0.2, -0.15) is 0 Å². The van der Waals surface area contributed by atoms with Crippen molar-refractivity contribution in [2.24, 2.45) is 5.92 Å². The third-order valence-corrected chi connectivity index (χ3v) is 5.96. The quantitative estimate of drug-likeness (QED) is 0.727. The monoisotopic (exact) mass is 437 g/mol. The minimum absolute atomic E-state index is 0.0477. The number of hydrogen-bond acceptors (Lipinski definition) is 4. The maximum absolute atomic E-state index is 14.6. The van der Waals surface area contributed by atoms with Gasteiger partial charge in [0.25, 0.3) is 0 Å². The summed E-state index contributed by atoms with van der Waals surface area (Å²) < 4.78 is 19.9. The number of carbonyl (C=O) groups is 2. The molecule has 4 rings (SSSR count). The van der Waals surface area contributed by atoms with Gasteiger partial charge in [-0.25, -0.2) is 4.39 Å². The van der Waals surface area contributed by atoms with Crippen LogP contribution in [0.15, 0.2) is 54.6 Å². The molecule has 0 spiro atoms. The van der Waals surface area contributed by atoms with Crippen LogP contribution in [0.2, 0.25) is 0 Å². The number of hydrogen-bond donors (Lipinski definition) is 1. The molecule has 168 valence electrons. The Bertz CT molecular complexity index is 966. The Balaban J connectivity index is 1.27. The Hall–Kier alpha value is -3.19. The van der Waals surface area contributed by atoms with Gasteiger partial charge >= 0.3 is 0 Å². The average molecular weight is 438 g/mol. The fraction of sp³-hybridized carbons (Fsp3) is 0.360. The standard InChI is InChI=1S/C25H28FN3O3/c26-22-18-21(7-8-23(22)28-14-16-32-17-15-28)27-25(31)20-10-12-29(13-11-20)24(30)9-6-19-4-2-1-3-5-19/h1-9,18,20H,10-17H2,(H,27,31)/b9-6+. The highest BCUT2D eigenvalue weighted by molar-refractivity contribution is 5.94. The summed E-state index contributed by atoms with van der Waals surface area (Å²) in [5.41, 5.74) is 1.96. The second kappa shape index (κ2) is 10.4. The van der Waals surface area contributed by atoms with Crippen molar-refractivity contribution in [3.05, 3.63) is 66.0 Å². The lowest BCUT2D eigenvalue weighted by Crippen LogP contribution is -2.40. The van der Waals surface area contributed by atoms with E-state index in [1.54, 1.807) is 29.2 Å². The maximum atomic E-state index is 14.6. The Morgan fingerprint density at radius 1 is 1.00 bits per heavy atom. The molecule has 2 amide bonds. The van der Waals surface area contributed by atoms with Gasteiger partial charge in [-0.3, -0.25) is 9.59 Å². The number of anilines is 2. The first-order valence-corrected chi connectivity index (χ1v) is 11.1. The molecule has 2 saturated heterocycles. The number of halogens is 1. The van der Waals surface area contributed by atoms with Gasteiger partial charge < -0.3 is 19.9 Å². The Labute approximate surface area is 187 Å². The van der Waals surface area contributed by atoms with E-state index in [0.29, 0.717) is 63.6 Å². The van der Waals surface area contributed by atoms with Gasteiger partial charge in [0.1, 0.15) is 5.82 Å². The van der Waals surface area contributed by atoms with Gasteiger partial charge in [0.2, 0.25) is 11.8 Å². The zero-order valence-electron chi connectivity index (χ0n) is 18.0. The number of carbonyl (C=O) groups excluding carboxylic acids is 2. The van der Waals surface area contributed by atoms with Gasteiger partial charge in [0, 0.05) is 43.9 Å². The van der Waals surface area contributed by atoms with E-state index >= 15 is 0 Å². The zero-order chi connectivity index (χ0) is 22.3. The van der Waals surface area contributed by atoms with E-state index in [-0.39, 0.29) is 23.5 Å². The summed E-state index contributed by atoms with van der Waals surface area (Å²) in [6.07, 6.45) is 4.56. The van der Waals surface area contributed by atoms with Gasteiger partial charge in [-0.15, -0.1) is 0 Å². The Morgan fingerprint density at radius 3 is 2.41 bits per heavy atom. The SMILES string of the molecule is O=C(Nc1ccc(N2CCOCC2)c(F)c1)C1CCN(C(=O)/C=C/c2ccccc2)CC1. The van der Waals surface area contributed by atoms with Crippen molar-refractivity contribution in [1.29, 1.82) is 0 Å². The fourth-order valence-corrected chi connectivity index (χ4v) is 4.09. The number of nitrogens with zero attached hydrogens (tertiary/aromatic N) is 2. The van der Waals surface area contributed by atoms with E-state index in [1.807, 2.05) is 35.2 Å². The van der Waals surface area contributed by atoms with E-state index < -0.39 is 0 Å². The second-order valence-electron chi connectivity index (χ2n) is 8.10. The van der Waals surface area contributed by atoms with Gasteiger partial charge in [0.15, 0.2) is 0 Å². The molecule has 0 unspecified atom stereocenters. The molecule has 2 heterocycles.